The zero-order valence-corrected chi connectivity index (χ0v) is 16.1. The average molecular weight is 420 g/mol. The van der Waals surface area contributed by atoms with E-state index in [1.165, 1.54) is 0 Å². The summed E-state index contributed by atoms with van der Waals surface area (Å²) in [5.41, 5.74) is 2.40. The SMILES string of the molecule is CC(C)c1ccc(N2C(=O)C(Cl)=C(Nc3ccc(Br)cc3)C2=O)cc1. The van der Waals surface area contributed by atoms with Crippen LogP contribution in [0.4, 0.5) is 11.4 Å². The van der Waals surface area contributed by atoms with Gasteiger partial charge in [-0.25, -0.2) is 4.90 Å². The lowest BCUT2D eigenvalue weighted by molar-refractivity contribution is -0.120. The van der Waals surface area contributed by atoms with E-state index in [9.17, 15) is 9.59 Å². The molecule has 4 nitrogen and oxygen atoms in total. The number of benzene rings is 2. The molecule has 1 N–H and O–H groups in total. The van der Waals surface area contributed by atoms with Crippen molar-refractivity contribution in [3.05, 3.63) is 69.3 Å². The largest absolute Gasteiger partial charge is 0.350 e. The smallest absolute Gasteiger partial charge is 0.283 e. The van der Waals surface area contributed by atoms with Crippen LogP contribution in [-0.4, -0.2) is 11.8 Å². The standard InChI is InChI=1S/C19H16BrClN2O2/c1-11(2)12-3-9-15(10-4-12)23-18(24)16(21)17(19(23)25)22-14-7-5-13(20)6-8-14/h3-11,22H,1-2H3. The Hall–Kier alpha value is -2.11. The van der Waals surface area contributed by atoms with Crippen LogP contribution in [0, 0.1) is 0 Å². The number of hydrogen-bond acceptors (Lipinski definition) is 3. The Balaban J connectivity index is 1.86. The van der Waals surface area contributed by atoms with Gasteiger partial charge in [-0.15, -0.1) is 0 Å². The van der Waals surface area contributed by atoms with Crippen molar-refractivity contribution in [2.24, 2.45) is 0 Å². The van der Waals surface area contributed by atoms with Crippen molar-refractivity contribution in [3.63, 3.8) is 0 Å². The van der Waals surface area contributed by atoms with E-state index < -0.39 is 11.8 Å². The van der Waals surface area contributed by atoms with Gasteiger partial charge in [0.2, 0.25) is 0 Å². The van der Waals surface area contributed by atoms with Gasteiger partial charge in [-0.2, -0.15) is 0 Å². The lowest BCUT2D eigenvalue weighted by Gasteiger charge is -2.16. The van der Waals surface area contributed by atoms with Gasteiger partial charge >= 0.3 is 0 Å². The highest BCUT2D eigenvalue weighted by atomic mass is 79.9. The molecule has 1 aliphatic rings. The van der Waals surface area contributed by atoms with Crippen molar-refractivity contribution in [2.75, 3.05) is 10.2 Å². The predicted octanol–water partition coefficient (Wildman–Crippen LogP) is 5.01. The van der Waals surface area contributed by atoms with E-state index in [1.54, 1.807) is 24.3 Å². The fourth-order valence-electron chi connectivity index (χ4n) is 2.53. The number of rotatable bonds is 4. The number of anilines is 2. The third kappa shape index (κ3) is 3.48. The van der Waals surface area contributed by atoms with Gasteiger partial charge in [-0.3, -0.25) is 9.59 Å². The number of amides is 2. The maximum absolute atomic E-state index is 12.7. The highest BCUT2D eigenvalue weighted by Crippen LogP contribution is 2.31. The van der Waals surface area contributed by atoms with Crippen molar-refractivity contribution in [1.29, 1.82) is 0 Å². The number of carbonyl (C=O) groups excluding carboxylic acids is 2. The summed E-state index contributed by atoms with van der Waals surface area (Å²) in [5, 5.41) is 2.83. The van der Waals surface area contributed by atoms with Gasteiger partial charge < -0.3 is 5.32 Å². The highest BCUT2D eigenvalue weighted by molar-refractivity contribution is 9.10. The molecule has 0 spiro atoms. The number of halogens is 2. The van der Waals surface area contributed by atoms with E-state index in [-0.39, 0.29) is 10.7 Å². The molecule has 2 aromatic rings. The average Bonchev–Trinajstić information content (AvgIpc) is 2.80. The van der Waals surface area contributed by atoms with Crippen LogP contribution in [0.5, 0.6) is 0 Å². The number of imide groups is 1. The third-order valence-corrected chi connectivity index (χ3v) is 4.84. The molecule has 1 heterocycles. The zero-order chi connectivity index (χ0) is 18.1. The van der Waals surface area contributed by atoms with E-state index in [0.717, 1.165) is 14.9 Å². The zero-order valence-electron chi connectivity index (χ0n) is 13.7. The summed E-state index contributed by atoms with van der Waals surface area (Å²) < 4.78 is 0.916. The summed E-state index contributed by atoms with van der Waals surface area (Å²) in [6, 6.07) is 14.6. The molecular formula is C19H16BrClN2O2. The Morgan fingerprint density at radius 3 is 2.12 bits per heavy atom. The molecule has 25 heavy (non-hydrogen) atoms. The first kappa shape index (κ1) is 17.7. The van der Waals surface area contributed by atoms with Crippen molar-refractivity contribution < 1.29 is 9.59 Å². The van der Waals surface area contributed by atoms with Gasteiger partial charge in [-0.1, -0.05) is 53.5 Å². The molecule has 128 valence electrons. The van der Waals surface area contributed by atoms with Crippen LogP contribution < -0.4 is 10.2 Å². The molecule has 0 saturated heterocycles. The lowest BCUT2D eigenvalue weighted by atomic mass is 10.0. The summed E-state index contributed by atoms with van der Waals surface area (Å²) in [6.07, 6.45) is 0. The summed E-state index contributed by atoms with van der Waals surface area (Å²) in [6.45, 7) is 4.17. The van der Waals surface area contributed by atoms with Crippen LogP contribution in [-0.2, 0) is 9.59 Å². The Bertz CT molecular complexity index is 858. The summed E-state index contributed by atoms with van der Waals surface area (Å²) in [5.74, 6) is -0.617. The first-order chi connectivity index (χ1) is 11.9. The first-order valence-electron chi connectivity index (χ1n) is 7.79. The van der Waals surface area contributed by atoms with E-state index in [4.69, 9.17) is 11.6 Å². The van der Waals surface area contributed by atoms with Gasteiger partial charge in [0, 0.05) is 10.2 Å². The molecule has 0 unspecified atom stereocenters. The van der Waals surface area contributed by atoms with Crippen LogP contribution in [0.3, 0.4) is 0 Å². The minimum Gasteiger partial charge on any atom is -0.350 e. The van der Waals surface area contributed by atoms with E-state index in [0.29, 0.717) is 17.3 Å². The maximum Gasteiger partial charge on any atom is 0.283 e. The van der Waals surface area contributed by atoms with E-state index in [2.05, 4.69) is 35.1 Å². The van der Waals surface area contributed by atoms with Gasteiger partial charge in [0.25, 0.3) is 11.8 Å². The summed E-state index contributed by atoms with van der Waals surface area (Å²) in [4.78, 5) is 26.3. The Morgan fingerprint density at radius 1 is 0.960 bits per heavy atom. The first-order valence-corrected chi connectivity index (χ1v) is 8.96. The molecule has 0 atom stereocenters. The number of hydrogen-bond donors (Lipinski definition) is 1. The number of nitrogens with zero attached hydrogens (tertiary/aromatic N) is 1. The van der Waals surface area contributed by atoms with Gasteiger partial charge in [0.1, 0.15) is 10.7 Å². The molecule has 6 heteroatoms. The van der Waals surface area contributed by atoms with E-state index >= 15 is 0 Å². The molecular weight excluding hydrogens is 404 g/mol. The van der Waals surface area contributed by atoms with Crippen LogP contribution in [0.1, 0.15) is 25.3 Å². The lowest BCUT2D eigenvalue weighted by Crippen LogP contribution is -2.32. The predicted molar refractivity (Wildman–Crippen MR) is 104 cm³/mol. The number of carbonyl (C=O) groups is 2. The molecule has 2 amide bonds. The summed E-state index contributed by atoms with van der Waals surface area (Å²) >= 11 is 9.48. The molecule has 0 bridgehead atoms. The molecule has 0 aliphatic carbocycles. The highest BCUT2D eigenvalue weighted by Gasteiger charge is 2.38. The molecule has 0 fully saturated rings. The second kappa shape index (κ2) is 7.02. The topological polar surface area (TPSA) is 49.4 Å². The van der Waals surface area contributed by atoms with Crippen molar-refractivity contribution >= 4 is 50.7 Å². The van der Waals surface area contributed by atoms with Crippen LogP contribution >= 0.6 is 27.5 Å². The van der Waals surface area contributed by atoms with Crippen LogP contribution in [0.15, 0.2) is 63.7 Å². The van der Waals surface area contributed by atoms with E-state index in [1.807, 2.05) is 24.3 Å². The Morgan fingerprint density at radius 2 is 1.56 bits per heavy atom. The third-order valence-electron chi connectivity index (χ3n) is 3.96. The molecule has 3 rings (SSSR count). The Labute approximate surface area is 159 Å². The second-order valence-corrected chi connectivity index (χ2v) is 7.31. The quantitative estimate of drug-likeness (QED) is 0.709. The maximum atomic E-state index is 12.7. The van der Waals surface area contributed by atoms with Crippen LogP contribution in [0.25, 0.3) is 0 Å². The molecule has 2 aromatic carbocycles. The van der Waals surface area contributed by atoms with Crippen molar-refractivity contribution in [3.8, 4) is 0 Å². The van der Waals surface area contributed by atoms with Crippen molar-refractivity contribution in [1.82, 2.24) is 0 Å². The fourth-order valence-corrected chi connectivity index (χ4v) is 3.01. The monoisotopic (exact) mass is 418 g/mol. The fraction of sp³-hybridized carbons (Fsp3) is 0.158. The summed E-state index contributed by atoms with van der Waals surface area (Å²) in [7, 11) is 0. The molecule has 1 aliphatic heterocycles. The van der Waals surface area contributed by atoms with Crippen molar-refractivity contribution in [2.45, 2.75) is 19.8 Å². The molecule has 0 radical (unpaired) electrons. The van der Waals surface area contributed by atoms with Gasteiger partial charge in [-0.05, 0) is 47.9 Å². The van der Waals surface area contributed by atoms with Gasteiger partial charge in [0.15, 0.2) is 0 Å². The number of nitrogens with one attached hydrogen (secondary N) is 1. The van der Waals surface area contributed by atoms with Crippen LogP contribution in [0.2, 0.25) is 0 Å². The van der Waals surface area contributed by atoms with Gasteiger partial charge in [0.05, 0.1) is 5.69 Å². The normalized spacial score (nSPS) is 14.7. The molecule has 0 saturated carbocycles. The Kier molecular flexibility index (Phi) is 4.97. The minimum atomic E-state index is -0.524. The minimum absolute atomic E-state index is 0.0851. The second-order valence-electron chi connectivity index (χ2n) is 6.01. The molecule has 0 aromatic heterocycles.